The number of nitrogens with one attached hydrogen (secondary N) is 1. The number of nitrogens with zero attached hydrogens (tertiary/aromatic N) is 2. The summed E-state index contributed by atoms with van der Waals surface area (Å²) in [6, 6.07) is 14.2. The van der Waals surface area contributed by atoms with Gasteiger partial charge in [-0.1, -0.05) is 0 Å². The molecule has 1 N–H and O–H groups in total. The molecule has 1 fully saturated rings. The van der Waals surface area contributed by atoms with Crippen LogP contribution in [0.5, 0.6) is 17.2 Å². The number of amides is 2. The van der Waals surface area contributed by atoms with Gasteiger partial charge in [0, 0.05) is 13.1 Å². The molecule has 2 amide bonds. The summed E-state index contributed by atoms with van der Waals surface area (Å²) in [4.78, 5) is 25.8. The van der Waals surface area contributed by atoms with Gasteiger partial charge in [0.05, 0.1) is 12.8 Å². The van der Waals surface area contributed by atoms with E-state index < -0.39 is 0 Å². The van der Waals surface area contributed by atoms with Gasteiger partial charge >= 0.3 is 0 Å². The van der Waals surface area contributed by atoms with Gasteiger partial charge in [-0.2, -0.15) is 5.10 Å². The van der Waals surface area contributed by atoms with E-state index in [1.807, 2.05) is 17.0 Å². The second kappa shape index (κ2) is 11.0. The predicted molar refractivity (Wildman–Crippen MR) is 117 cm³/mol. The van der Waals surface area contributed by atoms with Crippen LogP contribution in [0, 0.1) is 0 Å². The zero-order valence-electron chi connectivity index (χ0n) is 17.8. The average molecular weight is 425 g/mol. The van der Waals surface area contributed by atoms with Gasteiger partial charge in [0.15, 0.2) is 13.2 Å². The van der Waals surface area contributed by atoms with Gasteiger partial charge in [0.2, 0.25) is 0 Å². The molecule has 8 heteroatoms. The fourth-order valence-corrected chi connectivity index (χ4v) is 3.06. The van der Waals surface area contributed by atoms with Crippen LogP contribution >= 0.6 is 0 Å². The van der Waals surface area contributed by atoms with Crippen LogP contribution < -0.4 is 19.6 Å². The molecule has 0 spiro atoms. The summed E-state index contributed by atoms with van der Waals surface area (Å²) < 4.78 is 16.1. The zero-order chi connectivity index (χ0) is 22.1. The zero-order valence-corrected chi connectivity index (χ0v) is 17.8. The highest BCUT2D eigenvalue weighted by Gasteiger charge is 2.18. The smallest absolute Gasteiger partial charge is 0.277 e. The minimum atomic E-state index is -0.365. The fourth-order valence-electron chi connectivity index (χ4n) is 3.06. The van der Waals surface area contributed by atoms with Crippen molar-refractivity contribution in [1.29, 1.82) is 0 Å². The average Bonchev–Trinajstić information content (AvgIpc) is 3.35. The number of methoxy groups -OCH3 is 1. The fraction of sp³-hybridized carbons (Fsp3) is 0.348. The first-order valence-electron chi connectivity index (χ1n) is 10.2. The Kier molecular flexibility index (Phi) is 7.86. The van der Waals surface area contributed by atoms with Crippen LogP contribution in [0.1, 0.15) is 25.3 Å². The van der Waals surface area contributed by atoms with Crippen molar-refractivity contribution in [2.24, 2.45) is 5.10 Å². The molecule has 0 atom stereocenters. The molecule has 0 bridgehead atoms. The van der Waals surface area contributed by atoms with Crippen molar-refractivity contribution >= 4 is 17.5 Å². The molecule has 0 aromatic heterocycles. The second-order valence-corrected chi connectivity index (χ2v) is 7.10. The van der Waals surface area contributed by atoms with Crippen LogP contribution in [0.3, 0.4) is 0 Å². The Morgan fingerprint density at radius 2 is 1.45 bits per heavy atom. The molecule has 8 nitrogen and oxygen atoms in total. The number of carbonyl (C=O) groups is 2. The topological polar surface area (TPSA) is 89.5 Å². The number of likely N-dealkylation sites (tertiary alicyclic amines) is 1. The third kappa shape index (κ3) is 6.74. The molecule has 31 heavy (non-hydrogen) atoms. The number of rotatable bonds is 9. The lowest BCUT2D eigenvalue weighted by Gasteiger charge is -2.15. The Bertz CT molecular complexity index is 904. The van der Waals surface area contributed by atoms with E-state index in [2.05, 4.69) is 10.5 Å². The minimum Gasteiger partial charge on any atom is -0.497 e. The lowest BCUT2D eigenvalue weighted by molar-refractivity contribution is -0.132. The van der Waals surface area contributed by atoms with E-state index in [-0.39, 0.29) is 25.0 Å². The largest absolute Gasteiger partial charge is 0.497 e. The van der Waals surface area contributed by atoms with Crippen molar-refractivity contribution < 1.29 is 23.8 Å². The second-order valence-electron chi connectivity index (χ2n) is 7.10. The molecular weight excluding hydrogens is 398 g/mol. The van der Waals surface area contributed by atoms with Gasteiger partial charge < -0.3 is 19.1 Å². The summed E-state index contributed by atoms with van der Waals surface area (Å²) in [5, 5.41) is 4.11. The first-order chi connectivity index (χ1) is 15.0. The van der Waals surface area contributed by atoms with Crippen LogP contribution in [0.25, 0.3) is 0 Å². The molecular formula is C23H27N3O5. The van der Waals surface area contributed by atoms with Gasteiger partial charge in [-0.3, -0.25) is 9.59 Å². The first kappa shape index (κ1) is 22.1. The maximum Gasteiger partial charge on any atom is 0.277 e. The van der Waals surface area contributed by atoms with Crippen LogP contribution in [0.4, 0.5) is 0 Å². The van der Waals surface area contributed by atoms with Gasteiger partial charge in [-0.25, -0.2) is 5.43 Å². The molecule has 3 rings (SSSR count). The highest BCUT2D eigenvalue weighted by atomic mass is 16.5. The normalized spacial score (nSPS) is 13.6. The van der Waals surface area contributed by atoms with Gasteiger partial charge in [-0.15, -0.1) is 0 Å². The molecule has 1 heterocycles. The van der Waals surface area contributed by atoms with Gasteiger partial charge in [-0.05, 0) is 73.9 Å². The van der Waals surface area contributed by atoms with Crippen molar-refractivity contribution in [3.63, 3.8) is 0 Å². The van der Waals surface area contributed by atoms with Crippen LogP contribution in [-0.2, 0) is 9.59 Å². The van der Waals surface area contributed by atoms with Crippen molar-refractivity contribution in [1.82, 2.24) is 10.3 Å². The van der Waals surface area contributed by atoms with Crippen molar-refractivity contribution in [3.8, 4) is 17.2 Å². The van der Waals surface area contributed by atoms with Crippen molar-refractivity contribution in [2.45, 2.75) is 19.8 Å². The Morgan fingerprint density at radius 3 is 2.06 bits per heavy atom. The molecule has 0 unspecified atom stereocenters. The SMILES string of the molecule is COc1ccc(OCC(=O)N/N=C(/C)c2ccc(OCC(=O)N3CCCC3)cc2)cc1. The molecule has 1 aliphatic heterocycles. The number of ether oxygens (including phenoxy) is 3. The van der Waals surface area contributed by atoms with Gasteiger partial charge in [0.25, 0.3) is 11.8 Å². The minimum absolute atomic E-state index is 0.0129. The molecule has 2 aromatic rings. The molecule has 0 saturated carbocycles. The Hall–Kier alpha value is -3.55. The molecule has 0 aliphatic carbocycles. The molecule has 164 valence electrons. The Morgan fingerprint density at radius 1 is 0.903 bits per heavy atom. The highest BCUT2D eigenvalue weighted by molar-refractivity contribution is 5.99. The summed E-state index contributed by atoms with van der Waals surface area (Å²) in [6.45, 7) is 3.30. The Balaban J connectivity index is 1.43. The van der Waals surface area contributed by atoms with Crippen LogP contribution in [-0.4, -0.2) is 55.8 Å². The predicted octanol–water partition coefficient (Wildman–Crippen LogP) is 2.62. The van der Waals surface area contributed by atoms with E-state index in [0.717, 1.165) is 31.5 Å². The van der Waals surface area contributed by atoms with Gasteiger partial charge in [0.1, 0.15) is 17.2 Å². The summed E-state index contributed by atoms with van der Waals surface area (Å²) in [6.07, 6.45) is 2.12. The lowest BCUT2D eigenvalue weighted by Crippen LogP contribution is -2.32. The van der Waals surface area contributed by atoms with E-state index >= 15 is 0 Å². The monoisotopic (exact) mass is 425 g/mol. The van der Waals surface area contributed by atoms with E-state index in [9.17, 15) is 9.59 Å². The first-order valence-corrected chi connectivity index (χ1v) is 10.2. The molecule has 1 saturated heterocycles. The third-order valence-corrected chi connectivity index (χ3v) is 4.87. The van der Waals surface area contributed by atoms with Crippen LogP contribution in [0.15, 0.2) is 53.6 Å². The summed E-state index contributed by atoms with van der Waals surface area (Å²) >= 11 is 0. The van der Waals surface area contributed by atoms with Crippen LogP contribution in [0.2, 0.25) is 0 Å². The van der Waals surface area contributed by atoms with Crippen molar-refractivity contribution in [2.75, 3.05) is 33.4 Å². The molecule has 2 aromatic carbocycles. The third-order valence-electron chi connectivity index (χ3n) is 4.87. The van der Waals surface area contributed by atoms with E-state index in [4.69, 9.17) is 14.2 Å². The lowest BCUT2D eigenvalue weighted by atomic mass is 10.1. The standard InChI is InChI=1S/C23H27N3O5/c1-17(24-25-22(27)15-30-21-11-9-19(29-2)10-12-21)18-5-7-20(8-6-18)31-16-23(28)26-13-3-4-14-26/h5-12H,3-4,13-16H2,1-2H3,(H,25,27)/b24-17-. The number of hydrogen-bond acceptors (Lipinski definition) is 6. The van der Waals surface area contributed by atoms with E-state index in [1.165, 1.54) is 0 Å². The number of benzene rings is 2. The highest BCUT2D eigenvalue weighted by Crippen LogP contribution is 2.17. The number of hydrazone groups is 1. The maximum atomic E-state index is 12.0. The van der Waals surface area contributed by atoms with Crippen molar-refractivity contribution in [3.05, 3.63) is 54.1 Å². The molecule has 1 aliphatic rings. The number of hydrogen-bond donors (Lipinski definition) is 1. The summed E-state index contributed by atoms with van der Waals surface area (Å²) in [7, 11) is 1.58. The quantitative estimate of drug-likeness (QED) is 0.493. The number of carbonyl (C=O) groups excluding carboxylic acids is 2. The summed E-state index contributed by atoms with van der Waals surface area (Å²) in [5.41, 5.74) is 3.94. The maximum absolute atomic E-state index is 12.0. The van der Waals surface area contributed by atoms with E-state index in [1.54, 1.807) is 50.4 Å². The van der Waals surface area contributed by atoms with E-state index in [0.29, 0.717) is 23.0 Å². The molecule has 0 radical (unpaired) electrons. The summed E-state index contributed by atoms with van der Waals surface area (Å²) in [5.74, 6) is 1.54. The Labute approximate surface area is 181 Å².